The van der Waals surface area contributed by atoms with Gasteiger partial charge in [0.15, 0.2) is 0 Å². The van der Waals surface area contributed by atoms with E-state index >= 15 is 0 Å². The van der Waals surface area contributed by atoms with Crippen molar-refractivity contribution in [3.05, 3.63) is 60.8 Å². The van der Waals surface area contributed by atoms with Crippen LogP contribution in [0.5, 0.6) is 0 Å². The maximum Gasteiger partial charge on any atom is 0.306 e. The Labute approximate surface area is 496 Å². The first-order chi connectivity index (χ1) is 38.9. The maximum atomic E-state index is 13.6. The maximum absolute atomic E-state index is 13.6. The third-order valence-corrected chi connectivity index (χ3v) is 16.1. The van der Waals surface area contributed by atoms with Gasteiger partial charge in [-0.1, -0.05) is 275 Å². The third-order valence-electron chi connectivity index (χ3n) is 15.2. The fourth-order valence-electron chi connectivity index (χ4n) is 9.88. The molecule has 468 valence electrons. The number of nitrogens with zero attached hydrogens (tertiary/aromatic N) is 1. The monoisotopic (exact) mass is 1140 g/mol. The van der Waals surface area contributed by atoms with Crippen molar-refractivity contribution < 1.29 is 37.3 Å². The van der Waals surface area contributed by atoms with Gasteiger partial charge >= 0.3 is 5.97 Å². The van der Waals surface area contributed by atoms with Gasteiger partial charge in [0.25, 0.3) is 7.82 Å². The van der Waals surface area contributed by atoms with Crippen molar-refractivity contribution in [2.45, 2.75) is 335 Å². The van der Waals surface area contributed by atoms with Crippen molar-refractivity contribution in [3.63, 3.8) is 0 Å². The summed E-state index contributed by atoms with van der Waals surface area (Å²) < 4.78 is 30.4. The number of phosphoric acid groups is 1. The zero-order valence-electron chi connectivity index (χ0n) is 53.5. The summed E-state index contributed by atoms with van der Waals surface area (Å²) in [6.07, 6.45) is 76.1. The van der Waals surface area contributed by atoms with Crippen LogP contribution in [0.3, 0.4) is 0 Å². The molecule has 80 heavy (non-hydrogen) atoms. The molecule has 9 nitrogen and oxygen atoms in total. The molecule has 0 aromatic heterocycles. The number of hydrogen-bond donors (Lipinski definition) is 1. The molecule has 0 spiro atoms. The Balaban J connectivity index is 5.13. The van der Waals surface area contributed by atoms with Crippen LogP contribution in [-0.4, -0.2) is 69.4 Å². The lowest BCUT2D eigenvalue weighted by molar-refractivity contribution is -0.870. The summed E-state index contributed by atoms with van der Waals surface area (Å²) in [6, 6.07) is -0.892. The highest BCUT2D eigenvalue weighted by atomic mass is 31.2. The minimum atomic E-state index is -4.70. The van der Waals surface area contributed by atoms with Crippen LogP contribution in [0, 0.1) is 0 Å². The van der Waals surface area contributed by atoms with Crippen molar-refractivity contribution in [1.82, 2.24) is 5.32 Å². The Morgan fingerprint density at radius 2 is 0.762 bits per heavy atom. The fourth-order valence-corrected chi connectivity index (χ4v) is 10.6. The average molecular weight is 1140 g/mol. The lowest BCUT2D eigenvalue weighted by atomic mass is 10.0. The van der Waals surface area contributed by atoms with Gasteiger partial charge in [0.05, 0.1) is 33.8 Å². The van der Waals surface area contributed by atoms with E-state index in [9.17, 15) is 19.0 Å². The molecule has 0 saturated heterocycles. The number of esters is 1. The van der Waals surface area contributed by atoms with Gasteiger partial charge in [-0.2, -0.15) is 0 Å². The second kappa shape index (κ2) is 59.9. The molecule has 0 aliphatic heterocycles. The molecule has 3 unspecified atom stereocenters. The first-order valence-electron chi connectivity index (χ1n) is 34.1. The van der Waals surface area contributed by atoms with E-state index in [1.165, 1.54) is 205 Å². The number of allylic oxidation sites excluding steroid dienone is 9. The van der Waals surface area contributed by atoms with E-state index in [1.807, 2.05) is 33.3 Å². The summed E-state index contributed by atoms with van der Waals surface area (Å²) >= 11 is 0. The van der Waals surface area contributed by atoms with Crippen LogP contribution in [0.2, 0.25) is 0 Å². The fraction of sp³-hybridized carbons (Fsp3) is 0.829. The molecule has 0 aliphatic carbocycles. The SMILES string of the molecule is CCCCC/C=C\C/C=C\C/C=C\CCCCCCCCCCCCC(=O)NC(COP(=O)([O-])OCC[N+](C)(C)C)C(/C=C\CCCCCCCCCCCC)OC(=O)CCCCCCCCCCC/C=C/CCCCCCCC. The first-order valence-corrected chi connectivity index (χ1v) is 35.6. The van der Waals surface area contributed by atoms with E-state index in [0.29, 0.717) is 17.4 Å². The van der Waals surface area contributed by atoms with Crippen LogP contribution in [0.15, 0.2) is 60.8 Å². The minimum Gasteiger partial charge on any atom is -0.756 e. The van der Waals surface area contributed by atoms with Crippen LogP contribution in [0.1, 0.15) is 323 Å². The van der Waals surface area contributed by atoms with E-state index < -0.39 is 20.0 Å². The van der Waals surface area contributed by atoms with Crippen LogP contribution >= 0.6 is 7.82 Å². The number of phosphoric ester groups is 1. The van der Waals surface area contributed by atoms with Crippen LogP contribution < -0.4 is 10.2 Å². The van der Waals surface area contributed by atoms with Crippen molar-refractivity contribution in [2.75, 3.05) is 40.9 Å². The number of carbonyl (C=O) groups is 2. The first kappa shape index (κ1) is 77.7. The standard InChI is InChI=1S/C70H131N2O7P/c1-7-10-13-16-19-22-25-28-30-32-34-35-36-37-39-40-42-44-47-50-53-56-59-62-69(73)71-67(66-78-80(75,76)77-65-64-72(4,5)6)68(61-58-55-52-49-46-27-24-21-18-15-12-9-3)79-70(74)63-60-57-54-51-48-45-43-41-38-33-31-29-26-23-20-17-14-11-8-2/h19,22,28-31,34-35,58,61,67-68H,7-18,20-21,23-27,32-33,36-57,59-60,62-66H2,1-6H3,(H-,71,73,75,76)/b22-19-,30-28-,31-29+,35-34-,61-58-. The molecule has 0 radical (unpaired) electrons. The van der Waals surface area contributed by atoms with Crippen molar-refractivity contribution in [2.24, 2.45) is 0 Å². The number of amides is 1. The molecule has 0 aromatic rings. The molecule has 3 atom stereocenters. The van der Waals surface area contributed by atoms with E-state index in [-0.39, 0.29) is 31.5 Å². The van der Waals surface area contributed by atoms with Gasteiger partial charge in [-0.3, -0.25) is 14.2 Å². The summed E-state index contributed by atoms with van der Waals surface area (Å²) in [7, 11) is 1.19. The largest absolute Gasteiger partial charge is 0.756 e. The van der Waals surface area contributed by atoms with Gasteiger partial charge in [-0.25, -0.2) is 0 Å². The number of ether oxygens (including phenoxy) is 1. The van der Waals surface area contributed by atoms with E-state index in [0.717, 1.165) is 83.5 Å². The van der Waals surface area contributed by atoms with Crippen molar-refractivity contribution in [3.8, 4) is 0 Å². The molecule has 0 aliphatic rings. The number of likely N-dealkylation sites (N-methyl/N-ethyl adjacent to an activating group) is 1. The molecule has 0 heterocycles. The number of quaternary nitrogens is 1. The molecule has 0 saturated carbocycles. The molecular weight excluding hydrogens is 1010 g/mol. The Bertz CT molecular complexity index is 1550. The summed E-state index contributed by atoms with van der Waals surface area (Å²) in [4.78, 5) is 40.1. The third kappa shape index (κ3) is 60.3. The van der Waals surface area contributed by atoms with Crippen molar-refractivity contribution in [1.29, 1.82) is 0 Å². The predicted molar refractivity (Wildman–Crippen MR) is 344 cm³/mol. The molecule has 0 bridgehead atoms. The van der Waals surface area contributed by atoms with E-state index in [1.54, 1.807) is 0 Å². The lowest BCUT2D eigenvalue weighted by Gasteiger charge is -2.30. The normalized spacial score (nSPS) is 13.9. The average Bonchev–Trinajstić information content (AvgIpc) is 3.42. The Kier molecular flexibility index (Phi) is 58.1. The van der Waals surface area contributed by atoms with Gasteiger partial charge < -0.3 is 28.5 Å². The Hall–Kier alpha value is -2.29. The second-order valence-electron chi connectivity index (χ2n) is 24.3. The Morgan fingerprint density at radius 1 is 0.438 bits per heavy atom. The number of hydrogen-bond acceptors (Lipinski definition) is 7. The smallest absolute Gasteiger partial charge is 0.306 e. The molecule has 0 fully saturated rings. The van der Waals surface area contributed by atoms with Gasteiger partial charge in [0.2, 0.25) is 5.91 Å². The predicted octanol–water partition coefficient (Wildman–Crippen LogP) is 20.8. The number of nitrogens with one attached hydrogen (secondary N) is 1. The van der Waals surface area contributed by atoms with Crippen LogP contribution in [0.25, 0.3) is 0 Å². The van der Waals surface area contributed by atoms with E-state index in [4.69, 9.17) is 13.8 Å². The van der Waals surface area contributed by atoms with E-state index in [2.05, 4.69) is 74.7 Å². The zero-order chi connectivity index (χ0) is 58.6. The number of unbranched alkanes of at least 4 members (excludes halogenated alkanes) is 38. The quantitative estimate of drug-likeness (QED) is 0.0212. The topological polar surface area (TPSA) is 114 Å². The summed E-state index contributed by atoms with van der Waals surface area (Å²) in [5.41, 5.74) is 0. The van der Waals surface area contributed by atoms with Gasteiger partial charge in [-0.05, 0) is 96.0 Å². The zero-order valence-corrected chi connectivity index (χ0v) is 54.4. The summed E-state index contributed by atoms with van der Waals surface area (Å²) in [5.74, 6) is -0.538. The van der Waals surface area contributed by atoms with Crippen LogP contribution in [0.4, 0.5) is 0 Å². The lowest BCUT2D eigenvalue weighted by Crippen LogP contribution is -2.47. The Morgan fingerprint density at radius 3 is 1.18 bits per heavy atom. The highest BCUT2D eigenvalue weighted by Crippen LogP contribution is 2.38. The molecule has 0 rings (SSSR count). The van der Waals surface area contributed by atoms with Gasteiger partial charge in [0, 0.05) is 12.8 Å². The summed E-state index contributed by atoms with van der Waals surface area (Å²) in [5, 5.41) is 3.04. The molecular formula is C70H131N2O7P. The molecule has 0 aromatic carbocycles. The van der Waals surface area contributed by atoms with Crippen molar-refractivity contribution >= 4 is 19.7 Å². The second-order valence-corrected chi connectivity index (χ2v) is 25.7. The van der Waals surface area contributed by atoms with Gasteiger partial charge in [-0.15, -0.1) is 0 Å². The number of rotatable bonds is 62. The van der Waals surface area contributed by atoms with Gasteiger partial charge in [0.1, 0.15) is 19.3 Å². The molecule has 1 N–H and O–H groups in total. The minimum absolute atomic E-state index is 0.0237. The molecule has 1 amide bonds. The highest BCUT2D eigenvalue weighted by Gasteiger charge is 2.27. The van der Waals surface area contributed by atoms with Crippen LogP contribution in [-0.2, 0) is 27.9 Å². The molecule has 10 heteroatoms. The number of carbonyl (C=O) groups excluding carboxylic acids is 2. The highest BCUT2D eigenvalue weighted by molar-refractivity contribution is 7.45. The summed E-state index contributed by atoms with van der Waals surface area (Å²) in [6.45, 7) is 6.84.